The molecule has 0 rings (SSSR count). The van der Waals surface area contributed by atoms with Gasteiger partial charge < -0.3 is 20.4 Å². The lowest BCUT2D eigenvalue weighted by Crippen LogP contribution is -2.41. The van der Waals surface area contributed by atoms with E-state index in [1.54, 1.807) is 0 Å². The maximum atomic E-state index is 9.59. The van der Waals surface area contributed by atoms with Crippen LogP contribution < -0.4 is 0 Å². The predicted octanol–water partition coefficient (Wildman–Crippen LogP) is -0.0955. The molecule has 0 spiro atoms. The third-order valence-electron chi connectivity index (χ3n) is 1.34. The van der Waals surface area contributed by atoms with Crippen molar-refractivity contribution in [1.29, 1.82) is 0 Å². The molecule has 0 aliphatic carbocycles. The van der Waals surface area contributed by atoms with Gasteiger partial charge in [-0.2, -0.15) is 0 Å². The van der Waals surface area contributed by atoms with Crippen molar-refractivity contribution in [1.82, 2.24) is 0 Å². The van der Waals surface area contributed by atoms with Crippen molar-refractivity contribution in [2.45, 2.75) is 17.5 Å². The minimum atomic E-state index is -1.56. The summed E-state index contributed by atoms with van der Waals surface area (Å²) in [5.41, 5.74) is 0. The molecule has 4 nitrogen and oxygen atoms in total. The average Bonchev–Trinajstić information content (AvgIpc) is 2.04. The number of hydrogen-bond acceptors (Lipinski definition) is 6. The normalized spacial score (nSPS) is 18.8. The van der Waals surface area contributed by atoms with E-state index < -0.39 is 17.6 Å². The molecule has 0 aromatic rings. The fourth-order valence-electron chi connectivity index (χ4n) is 0.626. The van der Waals surface area contributed by atoms with Crippen molar-refractivity contribution in [3.05, 3.63) is 0 Å². The van der Waals surface area contributed by atoms with Crippen LogP contribution >= 0.6 is 32.3 Å². The second kappa shape index (κ2) is 6.36. The Morgan fingerprint density at radius 2 is 2.00 bits per heavy atom. The number of aliphatic hydroxyl groups is 4. The zero-order chi connectivity index (χ0) is 9.61. The fraction of sp³-hybridized carbons (Fsp3) is 1.00. The van der Waals surface area contributed by atoms with E-state index in [-0.39, 0.29) is 13.0 Å². The molecule has 0 aliphatic heterocycles. The van der Waals surface area contributed by atoms with Crippen LogP contribution in [0.4, 0.5) is 0 Å². The third kappa shape index (κ3) is 3.73. The van der Waals surface area contributed by atoms with Crippen molar-refractivity contribution in [3.63, 3.8) is 0 Å². The molecule has 2 unspecified atom stereocenters. The lowest BCUT2D eigenvalue weighted by Gasteiger charge is -2.28. The van der Waals surface area contributed by atoms with Gasteiger partial charge in [0, 0.05) is 13.0 Å². The van der Waals surface area contributed by atoms with Crippen LogP contribution in [0, 0.1) is 0 Å². The highest BCUT2D eigenvalue weighted by atomic mass is 33.5. The summed E-state index contributed by atoms with van der Waals surface area (Å²) < 4.78 is 0. The summed E-state index contributed by atoms with van der Waals surface area (Å²) in [5, 5.41) is 35.9. The van der Waals surface area contributed by atoms with Gasteiger partial charge in [-0.25, -0.2) is 0 Å². The number of rotatable bonds is 6. The Morgan fingerprint density at radius 3 is 2.33 bits per heavy atom. The minimum Gasteiger partial charge on any atom is -0.396 e. The van der Waals surface area contributed by atoms with Crippen molar-refractivity contribution in [2.75, 3.05) is 13.2 Å². The molecule has 0 amide bonds. The molecule has 12 heavy (non-hydrogen) atoms. The van der Waals surface area contributed by atoms with Crippen LogP contribution in [0.1, 0.15) is 6.42 Å². The average molecular weight is 231 g/mol. The second-order valence-corrected chi connectivity index (χ2v) is 5.31. The Bertz CT molecular complexity index is 117. The Hall–Kier alpha value is 0.890. The molecule has 7 heteroatoms. The molecule has 4 N–H and O–H groups in total. The van der Waals surface area contributed by atoms with E-state index in [1.165, 1.54) is 0 Å². The minimum absolute atomic E-state index is 0.0248. The van der Waals surface area contributed by atoms with Gasteiger partial charge in [0.05, 0.1) is 6.61 Å². The van der Waals surface area contributed by atoms with Crippen molar-refractivity contribution >= 4 is 32.3 Å². The highest BCUT2D eigenvalue weighted by Crippen LogP contribution is 2.40. The van der Waals surface area contributed by atoms with E-state index in [4.69, 9.17) is 15.3 Å². The first kappa shape index (κ1) is 12.9. The molecule has 2 atom stereocenters. The summed E-state index contributed by atoms with van der Waals surface area (Å²) >= 11 is 4.53. The van der Waals surface area contributed by atoms with Crippen molar-refractivity contribution < 1.29 is 20.4 Å². The Kier molecular flexibility index (Phi) is 6.83. The highest BCUT2D eigenvalue weighted by Gasteiger charge is 2.35. The maximum absolute atomic E-state index is 9.59. The van der Waals surface area contributed by atoms with Crippen LogP contribution in [-0.4, -0.2) is 44.7 Å². The first-order valence-corrected chi connectivity index (χ1v) is 6.28. The van der Waals surface area contributed by atoms with E-state index in [0.29, 0.717) is 0 Å². The molecule has 0 aromatic carbocycles. The number of aliphatic hydroxyl groups excluding tert-OH is 3. The molecule has 0 bridgehead atoms. The summed E-state index contributed by atoms with van der Waals surface area (Å²) in [7, 11) is 1.71. The SMILES string of the molecule is OCCC(O)(SS[S])C(O)CO. The first-order valence-electron chi connectivity index (χ1n) is 3.20. The van der Waals surface area contributed by atoms with E-state index in [2.05, 4.69) is 11.7 Å². The molecular formula is C5H11O4S3. The number of hydrogen-bond donors (Lipinski definition) is 4. The van der Waals surface area contributed by atoms with Crippen molar-refractivity contribution in [3.8, 4) is 0 Å². The van der Waals surface area contributed by atoms with Gasteiger partial charge in [-0.1, -0.05) is 0 Å². The Balaban J connectivity index is 4.15. The smallest absolute Gasteiger partial charge is 0.151 e. The van der Waals surface area contributed by atoms with Gasteiger partial charge in [0.1, 0.15) is 6.10 Å². The van der Waals surface area contributed by atoms with Crippen LogP contribution in [0.2, 0.25) is 0 Å². The zero-order valence-corrected chi connectivity index (χ0v) is 8.66. The van der Waals surface area contributed by atoms with Gasteiger partial charge >= 0.3 is 0 Å². The van der Waals surface area contributed by atoms with Crippen LogP contribution in [0.5, 0.6) is 0 Å². The van der Waals surface area contributed by atoms with Gasteiger partial charge in [0.15, 0.2) is 4.93 Å². The Morgan fingerprint density at radius 1 is 1.42 bits per heavy atom. The van der Waals surface area contributed by atoms with E-state index in [0.717, 1.165) is 20.6 Å². The summed E-state index contributed by atoms with van der Waals surface area (Å²) in [6.45, 7) is -0.824. The van der Waals surface area contributed by atoms with Gasteiger partial charge in [0.25, 0.3) is 0 Å². The van der Waals surface area contributed by atoms with Gasteiger partial charge in [-0.15, -0.1) is 0 Å². The van der Waals surface area contributed by atoms with Crippen molar-refractivity contribution in [2.24, 2.45) is 0 Å². The molecular weight excluding hydrogens is 220 g/mol. The summed E-state index contributed by atoms with van der Waals surface area (Å²) in [5.74, 6) is 0. The second-order valence-electron chi connectivity index (χ2n) is 2.17. The quantitative estimate of drug-likeness (QED) is 0.378. The third-order valence-corrected chi connectivity index (χ3v) is 3.86. The van der Waals surface area contributed by atoms with Crippen LogP contribution in [-0.2, 0) is 0 Å². The molecule has 0 heterocycles. The summed E-state index contributed by atoms with van der Waals surface area (Å²) in [6, 6.07) is 0. The molecule has 0 aliphatic rings. The lowest BCUT2D eigenvalue weighted by atomic mass is 10.1. The first-order chi connectivity index (χ1) is 5.60. The zero-order valence-electron chi connectivity index (χ0n) is 6.21. The monoisotopic (exact) mass is 231 g/mol. The van der Waals surface area contributed by atoms with Gasteiger partial charge in [-0.3, -0.25) is 0 Å². The summed E-state index contributed by atoms with van der Waals surface area (Å²) in [4.78, 5) is -1.56. The van der Waals surface area contributed by atoms with Crippen LogP contribution in [0.25, 0.3) is 0 Å². The maximum Gasteiger partial charge on any atom is 0.151 e. The topological polar surface area (TPSA) is 80.9 Å². The molecule has 0 saturated heterocycles. The molecule has 0 saturated carbocycles. The van der Waals surface area contributed by atoms with E-state index in [9.17, 15) is 5.11 Å². The lowest BCUT2D eigenvalue weighted by molar-refractivity contribution is -0.0452. The van der Waals surface area contributed by atoms with Crippen LogP contribution in [0.3, 0.4) is 0 Å². The molecule has 0 aromatic heterocycles. The standard InChI is InChI=1S/C5H11O4S3/c6-2-1-5(9,11-12-10)4(8)3-7/h4,6-9H,1-3H2. The Labute approximate surface area is 83.6 Å². The predicted molar refractivity (Wildman–Crippen MR) is 52.5 cm³/mol. The van der Waals surface area contributed by atoms with Crippen LogP contribution in [0.15, 0.2) is 0 Å². The molecule has 0 fully saturated rings. The highest BCUT2D eigenvalue weighted by molar-refractivity contribution is 9.05. The van der Waals surface area contributed by atoms with E-state index in [1.807, 2.05) is 0 Å². The molecule has 1 radical (unpaired) electrons. The van der Waals surface area contributed by atoms with E-state index >= 15 is 0 Å². The van der Waals surface area contributed by atoms with Gasteiger partial charge in [0.2, 0.25) is 0 Å². The summed E-state index contributed by atoms with van der Waals surface area (Å²) in [6.07, 6.45) is -1.31. The largest absolute Gasteiger partial charge is 0.396 e. The molecule has 73 valence electrons. The fourth-order valence-corrected chi connectivity index (χ4v) is 3.10. The van der Waals surface area contributed by atoms with Gasteiger partial charge in [-0.05, 0) is 32.3 Å².